The third-order valence-electron chi connectivity index (χ3n) is 3.64. The molecule has 21 heavy (non-hydrogen) atoms. The molecule has 1 heterocycles. The fraction of sp³-hybridized carbons (Fsp3) is 0.438. The number of aryl methyl sites for hydroxylation is 2. The lowest BCUT2D eigenvalue weighted by molar-refractivity contribution is 0.550. The zero-order chi connectivity index (χ0) is 15.4. The molecule has 2 nitrogen and oxygen atoms in total. The van der Waals surface area contributed by atoms with Gasteiger partial charge in [-0.3, -0.25) is 4.68 Å². The third kappa shape index (κ3) is 3.98. The molecule has 1 atom stereocenters. The quantitative estimate of drug-likeness (QED) is 0.718. The number of hydrogen-bond acceptors (Lipinski definition) is 1. The van der Waals surface area contributed by atoms with E-state index in [1.54, 1.807) is 12.1 Å². The van der Waals surface area contributed by atoms with Crippen molar-refractivity contribution < 1.29 is 4.39 Å². The molecule has 1 unspecified atom stereocenters. The van der Waals surface area contributed by atoms with Crippen molar-refractivity contribution in [3.05, 3.63) is 52.1 Å². The van der Waals surface area contributed by atoms with Crippen LogP contribution in [0.1, 0.15) is 23.9 Å². The Hall–Kier alpha value is -1.06. The molecular formula is C16H19Cl2FN2. The Morgan fingerprint density at radius 2 is 1.90 bits per heavy atom. The standard InChI is InChI=1S/C16H19Cl2FN2/c1-3-14-16(18)15(21(2)20-14)9-12(10-17)8-11-4-6-13(19)7-5-11/h4-7,12H,3,8-10H2,1-2H3. The molecule has 0 spiro atoms. The Balaban J connectivity index is 2.12. The molecule has 0 bridgehead atoms. The number of aromatic nitrogens is 2. The Bertz CT molecular complexity index is 593. The van der Waals surface area contributed by atoms with Crippen LogP contribution < -0.4 is 0 Å². The maximum atomic E-state index is 12.9. The largest absolute Gasteiger partial charge is 0.271 e. The van der Waals surface area contributed by atoms with E-state index >= 15 is 0 Å². The number of alkyl halides is 1. The minimum Gasteiger partial charge on any atom is -0.271 e. The molecular weight excluding hydrogens is 310 g/mol. The normalized spacial score (nSPS) is 12.6. The van der Waals surface area contributed by atoms with Gasteiger partial charge in [0.2, 0.25) is 0 Å². The monoisotopic (exact) mass is 328 g/mol. The molecule has 0 aliphatic carbocycles. The van der Waals surface area contributed by atoms with Crippen LogP contribution in [0.4, 0.5) is 4.39 Å². The lowest BCUT2D eigenvalue weighted by Gasteiger charge is -2.14. The van der Waals surface area contributed by atoms with Crippen LogP contribution in [0.2, 0.25) is 5.02 Å². The fourth-order valence-electron chi connectivity index (χ4n) is 2.45. The topological polar surface area (TPSA) is 17.8 Å². The van der Waals surface area contributed by atoms with Crippen molar-refractivity contribution in [2.75, 3.05) is 5.88 Å². The number of benzene rings is 1. The highest BCUT2D eigenvalue weighted by atomic mass is 35.5. The van der Waals surface area contributed by atoms with Gasteiger partial charge in [-0.25, -0.2) is 4.39 Å². The molecule has 1 aromatic carbocycles. The van der Waals surface area contributed by atoms with Gasteiger partial charge in [0.25, 0.3) is 0 Å². The Morgan fingerprint density at radius 1 is 1.24 bits per heavy atom. The van der Waals surface area contributed by atoms with E-state index in [1.807, 2.05) is 18.7 Å². The summed E-state index contributed by atoms with van der Waals surface area (Å²) in [5, 5.41) is 5.17. The molecule has 1 aromatic heterocycles. The van der Waals surface area contributed by atoms with Crippen LogP contribution in [-0.4, -0.2) is 15.7 Å². The first kappa shape index (κ1) is 16.3. The molecule has 0 saturated carbocycles. The van der Waals surface area contributed by atoms with Gasteiger partial charge >= 0.3 is 0 Å². The lowest BCUT2D eigenvalue weighted by atomic mass is 9.96. The smallest absolute Gasteiger partial charge is 0.123 e. The highest BCUT2D eigenvalue weighted by molar-refractivity contribution is 6.31. The van der Waals surface area contributed by atoms with Crippen LogP contribution >= 0.6 is 23.2 Å². The van der Waals surface area contributed by atoms with Gasteiger partial charge in [-0.05, 0) is 42.9 Å². The molecule has 0 radical (unpaired) electrons. The maximum absolute atomic E-state index is 12.9. The minimum absolute atomic E-state index is 0.219. The van der Waals surface area contributed by atoms with Gasteiger partial charge in [-0.2, -0.15) is 5.10 Å². The SMILES string of the molecule is CCc1nn(C)c(CC(CCl)Cc2ccc(F)cc2)c1Cl. The molecule has 0 aliphatic heterocycles. The first-order valence-corrected chi connectivity index (χ1v) is 7.97. The summed E-state index contributed by atoms with van der Waals surface area (Å²) in [6, 6.07) is 6.56. The predicted molar refractivity (Wildman–Crippen MR) is 85.6 cm³/mol. The molecule has 2 rings (SSSR count). The van der Waals surface area contributed by atoms with E-state index in [-0.39, 0.29) is 11.7 Å². The summed E-state index contributed by atoms with van der Waals surface area (Å²) in [4.78, 5) is 0. The first-order valence-electron chi connectivity index (χ1n) is 7.05. The van der Waals surface area contributed by atoms with Crippen LogP contribution in [0.3, 0.4) is 0 Å². The highest BCUT2D eigenvalue weighted by Crippen LogP contribution is 2.25. The average Bonchev–Trinajstić information content (AvgIpc) is 2.75. The number of nitrogens with zero attached hydrogens (tertiary/aromatic N) is 2. The molecule has 0 amide bonds. The van der Waals surface area contributed by atoms with E-state index in [4.69, 9.17) is 23.2 Å². The maximum Gasteiger partial charge on any atom is 0.123 e. The van der Waals surface area contributed by atoms with Gasteiger partial charge < -0.3 is 0 Å². The number of rotatable bonds is 6. The van der Waals surface area contributed by atoms with Crippen molar-refractivity contribution in [3.63, 3.8) is 0 Å². The van der Waals surface area contributed by atoms with Crippen LogP contribution in [0.25, 0.3) is 0 Å². The third-order valence-corrected chi connectivity index (χ3v) is 4.51. The summed E-state index contributed by atoms with van der Waals surface area (Å²) in [6.07, 6.45) is 2.38. The fourth-order valence-corrected chi connectivity index (χ4v) is 3.04. The zero-order valence-electron chi connectivity index (χ0n) is 12.2. The van der Waals surface area contributed by atoms with Crippen molar-refractivity contribution in [3.8, 4) is 0 Å². The van der Waals surface area contributed by atoms with Crippen molar-refractivity contribution in [2.45, 2.75) is 26.2 Å². The summed E-state index contributed by atoms with van der Waals surface area (Å²) in [5.74, 6) is 0.554. The minimum atomic E-state index is -0.219. The first-order chi connectivity index (χ1) is 10.0. The van der Waals surface area contributed by atoms with Crippen molar-refractivity contribution in [1.29, 1.82) is 0 Å². The van der Waals surface area contributed by atoms with E-state index < -0.39 is 0 Å². The summed E-state index contributed by atoms with van der Waals surface area (Å²) in [6.45, 7) is 2.04. The summed E-state index contributed by atoms with van der Waals surface area (Å²) < 4.78 is 14.8. The van der Waals surface area contributed by atoms with E-state index in [0.717, 1.165) is 41.2 Å². The second kappa shape index (κ2) is 7.28. The number of hydrogen-bond donors (Lipinski definition) is 0. The molecule has 0 fully saturated rings. The second-order valence-corrected chi connectivity index (χ2v) is 5.93. The van der Waals surface area contributed by atoms with E-state index in [0.29, 0.717) is 5.88 Å². The van der Waals surface area contributed by atoms with Crippen LogP contribution in [0, 0.1) is 11.7 Å². The molecule has 0 aliphatic rings. The van der Waals surface area contributed by atoms with E-state index in [9.17, 15) is 4.39 Å². The van der Waals surface area contributed by atoms with Gasteiger partial charge in [-0.1, -0.05) is 30.7 Å². The molecule has 114 valence electrons. The van der Waals surface area contributed by atoms with Gasteiger partial charge in [0, 0.05) is 12.9 Å². The Morgan fingerprint density at radius 3 is 2.43 bits per heavy atom. The summed E-state index contributed by atoms with van der Waals surface area (Å²) in [5.41, 5.74) is 3.02. The van der Waals surface area contributed by atoms with Gasteiger partial charge in [-0.15, -0.1) is 11.6 Å². The Kier molecular flexibility index (Phi) is 5.65. The predicted octanol–water partition coefficient (Wildman–Crippen LogP) is 4.42. The Labute approximate surface area is 134 Å². The highest BCUT2D eigenvalue weighted by Gasteiger charge is 2.18. The van der Waals surface area contributed by atoms with E-state index in [1.165, 1.54) is 12.1 Å². The average molecular weight is 329 g/mol. The summed E-state index contributed by atoms with van der Waals surface area (Å²) >= 11 is 12.5. The second-order valence-electron chi connectivity index (χ2n) is 5.24. The van der Waals surface area contributed by atoms with Crippen LogP contribution in [-0.2, 0) is 26.3 Å². The molecule has 0 N–H and O–H groups in total. The lowest BCUT2D eigenvalue weighted by Crippen LogP contribution is -2.13. The zero-order valence-corrected chi connectivity index (χ0v) is 13.8. The van der Waals surface area contributed by atoms with Gasteiger partial charge in [0.1, 0.15) is 5.82 Å². The molecule has 2 aromatic rings. The van der Waals surface area contributed by atoms with Gasteiger partial charge in [0.15, 0.2) is 0 Å². The van der Waals surface area contributed by atoms with Crippen molar-refractivity contribution in [2.24, 2.45) is 13.0 Å². The van der Waals surface area contributed by atoms with Crippen LogP contribution in [0.15, 0.2) is 24.3 Å². The van der Waals surface area contributed by atoms with Crippen LogP contribution in [0.5, 0.6) is 0 Å². The van der Waals surface area contributed by atoms with Gasteiger partial charge in [0.05, 0.1) is 16.4 Å². The molecule has 5 heteroatoms. The van der Waals surface area contributed by atoms with E-state index in [2.05, 4.69) is 5.10 Å². The molecule has 0 saturated heterocycles. The van der Waals surface area contributed by atoms with Crippen molar-refractivity contribution >= 4 is 23.2 Å². The van der Waals surface area contributed by atoms with Crippen molar-refractivity contribution in [1.82, 2.24) is 9.78 Å². The number of halogens is 3. The summed E-state index contributed by atoms with van der Waals surface area (Å²) in [7, 11) is 1.91.